The number of amides is 2. The van der Waals surface area contributed by atoms with Crippen LogP contribution in [0.1, 0.15) is 39.9 Å². The number of nitrogens with one attached hydrogen (secondary N) is 1. The van der Waals surface area contributed by atoms with E-state index >= 15 is 0 Å². The lowest BCUT2D eigenvalue weighted by molar-refractivity contribution is 0.0632. The Bertz CT molecular complexity index is 1130. The van der Waals surface area contributed by atoms with Gasteiger partial charge >= 0.3 is 0 Å². The van der Waals surface area contributed by atoms with Gasteiger partial charge in [-0.15, -0.1) is 0 Å². The molecule has 1 fully saturated rings. The largest absolute Gasteiger partial charge is 0.348 e. The number of rotatable bonds is 3. The van der Waals surface area contributed by atoms with E-state index in [1.807, 2.05) is 13.8 Å². The zero-order valence-corrected chi connectivity index (χ0v) is 17.8. The van der Waals surface area contributed by atoms with Crippen LogP contribution < -0.4 is 5.32 Å². The van der Waals surface area contributed by atoms with Gasteiger partial charge in [-0.25, -0.2) is 0 Å². The smallest absolute Gasteiger partial charge is 0.269 e. The van der Waals surface area contributed by atoms with Gasteiger partial charge in [0.05, 0.1) is 16.2 Å². The topological polar surface area (TPSA) is 93.0 Å². The van der Waals surface area contributed by atoms with Gasteiger partial charge in [0.1, 0.15) is 11.2 Å². The molecule has 0 radical (unpaired) electrons. The van der Waals surface area contributed by atoms with Gasteiger partial charge < -0.3 is 10.2 Å². The maximum Gasteiger partial charge on any atom is 0.269 e. The van der Waals surface area contributed by atoms with E-state index in [1.165, 1.54) is 0 Å². The molecule has 1 aromatic carbocycles. The minimum absolute atomic E-state index is 0.0113. The minimum Gasteiger partial charge on any atom is -0.348 e. The highest BCUT2D eigenvalue weighted by Crippen LogP contribution is 2.25. The molecule has 1 saturated heterocycles. The molecule has 2 atom stereocenters. The predicted molar refractivity (Wildman–Crippen MR) is 113 cm³/mol. The Morgan fingerprint density at radius 1 is 1.20 bits per heavy atom. The monoisotopic (exact) mass is 426 g/mol. The fourth-order valence-corrected chi connectivity index (χ4v) is 4.21. The summed E-state index contributed by atoms with van der Waals surface area (Å²) in [6.07, 6.45) is 3.83. The fourth-order valence-electron chi connectivity index (χ4n) is 3.95. The summed E-state index contributed by atoms with van der Waals surface area (Å²) < 4.78 is 1.58. The molecule has 8 nitrogen and oxygen atoms in total. The Morgan fingerprint density at radius 3 is 2.67 bits per heavy atom. The third kappa shape index (κ3) is 3.87. The zero-order chi connectivity index (χ0) is 21.4. The van der Waals surface area contributed by atoms with Crippen LogP contribution in [0.3, 0.4) is 0 Å². The van der Waals surface area contributed by atoms with Crippen molar-refractivity contribution in [2.75, 3.05) is 13.1 Å². The van der Waals surface area contributed by atoms with Crippen molar-refractivity contribution in [1.29, 1.82) is 0 Å². The number of fused-ring (bicyclic) bond motifs is 1. The van der Waals surface area contributed by atoms with Crippen molar-refractivity contribution in [2.45, 2.75) is 26.3 Å². The molecule has 2 amide bonds. The van der Waals surface area contributed by atoms with E-state index in [4.69, 9.17) is 11.6 Å². The summed E-state index contributed by atoms with van der Waals surface area (Å²) in [6, 6.07) is 5.12. The van der Waals surface area contributed by atoms with Gasteiger partial charge in [0.2, 0.25) is 0 Å². The molecule has 3 aromatic rings. The summed E-state index contributed by atoms with van der Waals surface area (Å²) in [5, 5.41) is 7.73. The molecule has 1 aliphatic heterocycles. The number of halogens is 1. The van der Waals surface area contributed by atoms with Gasteiger partial charge in [-0.05, 0) is 37.5 Å². The van der Waals surface area contributed by atoms with Crippen LogP contribution in [-0.2, 0) is 7.05 Å². The highest BCUT2D eigenvalue weighted by Gasteiger charge is 2.31. The van der Waals surface area contributed by atoms with Crippen molar-refractivity contribution < 1.29 is 9.59 Å². The van der Waals surface area contributed by atoms with Crippen molar-refractivity contribution >= 4 is 34.4 Å². The van der Waals surface area contributed by atoms with E-state index in [0.717, 1.165) is 5.69 Å². The van der Waals surface area contributed by atoms with Crippen molar-refractivity contribution in [3.8, 4) is 0 Å². The Kier molecular flexibility index (Phi) is 5.42. The van der Waals surface area contributed by atoms with E-state index in [-0.39, 0.29) is 23.8 Å². The van der Waals surface area contributed by atoms with Crippen LogP contribution >= 0.6 is 11.6 Å². The van der Waals surface area contributed by atoms with Crippen LogP contribution in [0.5, 0.6) is 0 Å². The fraction of sp³-hybridized carbons (Fsp3) is 0.381. The SMILES string of the molecule is Cc1cc(C(=O)N[C@@H]2CCN(C(=O)c3cc(Cl)c4nccnc4c3)C[C@@H]2C)n(C)n1. The number of carbonyl (C=O) groups excluding carboxylic acids is 2. The van der Waals surface area contributed by atoms with E-state index in [1.54, 1.807) is 47.2 Å². The van der Waals surface area contributed by atoms with E-state index in [2.05, 4.69) is 20.4 Å². The van der Waals surface area contributed by atoms with Crippen molar-refractivity contribution in [1.82, 2.24) is 30.0 Å². The highest BCUT2D eigenvalue weighted by atomic mass is 35.5. The number of aryl methyl sites for hydroxylation is 2. The molecule has 30 heavy (non-hydrogen) atoms. The van der Waals surface area contributed by atoms with Gasteiger partial charge in [0.15, 0.2) is 0 Å². The van der Waals surface area contributed by atoms with Crippen molar-refractivity contribution in [3.05, 3.63) is 52.6 Å². The zero-order valence-electron chi connectivity index (χ0n) is 17.1. The number of aromatic nitrogens is 4. The first-order valence-corrected chi connectivity index (χ1v) is 10.2. The lowest BCUT2D eigenvalue weighted by Gasteiger charge is -2.37. The number of hydrogen-bond donors (Lipinski definition) is 1. The van der Waals surface area contributed by atoms with Gasteiger partial charge in [0.25, 0.3) is 11.8 Å². The van der Waals surface area contributed by atoms with Gasteiger partial charge in [0, 0.05) is 44.1 Å². The maximum absolute atomic E-state index is 13.1. The molecule has 2 aromatic heterocycles. The molecule has 156 valence electrons. The summed E-state index contributed by atoms with van der Waals surface area (Å²) in [5.41, 5.74) is 3.00. The Hall–Kier alpha value is -3.00. The molecule has 0 unspecified atom stereocenters. The van der Waals surface area contributed by atoms with Crippen LogP contribution in [0.4, 0.5) is 0 Å². The molecule has 4 rings (SSSR count). The molecule has 3 heterocycles. The lowest BCUT2D eigenvalue weighted by atomic mass is 9.93. The lowest BCUT2D eigenvalue weighted by Crippen LogP contribution is -2.51. The van der Waals surface area contributed by atoms with Crippen LogP contribution in [0.25, 0.3) is 11.0 Å². The second-order valence-corrected chi connectivity index (χ2v) is 8.18. The minimum atomic E-state index is -0.144. The first-order valence-electron chi connectivity index (χ1n) is 9.84. The molecule has 0 spiro atoms. The van der Waals surface area contributed by atoms with Crippen molar-refractivity contribution in [2.24, 2.45) is 13.0 Å². The first kappa shape index (κ1) is 20.3. The Labute approximate surface area is 179 Å². The van der Waals surface area contributed by atoms with Gasteiger partial charge in [-0.1, -0.05) is 18.5 Å². The number of benzene rings is 1. The molecule has 0 saturated carbocycles. The Balaban J connectivity index is 1.44. The Morgan fingerprint density at radius 2 is 1.97 bits per heavy atom. The van der Waals surface area contributed by atoms with E-state index < -0.39 is 0 Å². The molecule has 1 N–H and O–H groups in total. The molecular formula is C21H23ClN6O2. The van der Waals surface area contributed by atoms with Gasteiger partial charge in [-0.3, -0.25) is 24.2 Å². The summed E-state index contributed by atoms with van der Waals surface area (Å²) in [6.45, 7) is 4.99. The summed E-state index contributed by atoms with van der Waals surface area (Å²) >= 11 is 6.30. The number of nitrogens with zero attached hydrogens (tertiary/aromatic N) is 5. The standard InChI is InChI=1S/C21H23ClN6O2/c1-12-11-28(7-4-16(12)25-20(29)18-8-13(2)26-27(18)3)21(30)14-9-15(22)19-17(10-14)23-5-6-24-19/h5-6,8-10,12,16H,4,7,11H2,1-3H3,(H,25,29)/t12-,16+/m0/s1. The third-order valence-electron chi connectivity index (χ3n) is 5.52. The summed E-state index contributed by atoms with van der Waals surface area (Å²) in [7, 11) is 1.76. The number of hydrogen-bond acceptors (Lipinski definition) is 5. The van der Waals surface area contributed by atoms with Gasteiger partial charge in [-0.2, -0.15) is 5.10 Å². The van der Waals surface area contributed by atoms with E-state index in [9.17, 15) is 9.59 Å². The van der Waals surface area contributed by atoms with Crippen LogP contribution in [0, 0.1) is 12.8 Å². The second-order valence-electron chi connectivity index (χ2n) is 7.77. The highest BCUT2D eigenvalue weighted by molar-refractivity contribution is 6.35. The molecule has 1 aliphatic rings. The quantitative estimate of drug-likeness (QED) is 0.694. The first-order chi connectivity index (χ1) is 14.3. The number of carbonyl (C=O) groups is 2. The van der Waals surface area contributed by atoms with Crippen LogP contribution in [-0.4, -0.2) is 55.6 Å². The summed E-state index contributed by atoms with van der Waals surface area (Å²) in [5.74, 6) is -0.130. The van der Waals surface area contributed by atoms with Crippen molar-refractivity contribution in [3.63, 3.8) is 0 Å². The third-order valence-corrected chi connectivity index (χ3v) is 5.81. The second kappa shape index (κ2) is 8.02. The molecule has 0 aliphatic carbocycles. The van der Waals surface area contributed by atoms with Crippen LogP contribution in [0.2, 0.25) is 5.02 Å². The normalized spacial score (nSPS) is 19.1. The molecule has 9 heteroatoms. The molecular weight excluding hydrogens is 404 g/mol. The van der Waals surface area contributed by atoms with Crippen LogP contribution in [0.15, 0.2) is 30.6 Å². The average Bonchev–Trinajstić information content (AvgIpc) is 3.07. The number of piperidine rings is 1. The maximum atomic E-state index is 13.1. The number of likely N-dealkylation sites (tertiary alicyclic amines) is 1. The summed E-state index contributed by atoms with van der Waals surface area (Å²) in [4.78, 5) is 35.9. The predicted octanol–water partition coefficient (Wildman–Crippen LogP) is 2.61. The average molecular weight is 427 g/mol. The molecule has 0 bridgehead atoms. The van der Waals surface area contributed by atoms with E-state index in [0.29, 0.717) is 46.8 Å².